The number of rotatable bonds is 5. The van der Waals surface area contributed by atoms with E-state index in [0.29, 0.717) is 10.6 Å². The van der Waals surface area contributed by atoms with Crippen LogP contribution in [0.25, 0.3) is 6.08 Å². The van der Waals surface area contributed by atoms with Gasteiger partial charge in [-0.25, -0.2) is 13.1 Å². The van der Waals surface area contributed by atoms with Gasteiger partial charge in [-0.05, 0) is 35.9 Å². The van der Waals surface area contributed by atoms with Gasteiger partial charge in [-0.3, -0.25) is 14.9 Å². The Kier molecular flexibility index (Phi) is 5.50. The third-order valence-corrected chi connectivity index (χ3v) is 4.55. The Morgan fingerprint density at radius 2 is 1.92 bits per heavy atom. The van der Waals surface area contributed by atoms with Crippen LogP contribution >= 0.6 is 11.6 Å². The number of hydrogen-bond acceptors (Lipinski definition) is 5. The maximum absolute atomic E-state index is 13.5. The number of nitrogens with zero attached hydrogens (tertiary/aromatic N) is 1. The van der Waals surface area contributed by atoms with Gasteiger partial charge in [-0.2, -0.15) is 4.39 Å². The van der Waals surface area contributed by atoms with Crippen molar-refractivity contribution in [2.45, 2.75) is 4.90 Å². The number of sulfonamides is 1. The topological polar surface area (TPSA) is 106 Å². The molecular formula is C15H10ClFN2O5S. The molecule has 0 atom stereocenters. The first-order chi connectivity index (χ1) is 11.7. The smallest absolute Gasteiger partial charge is 0.269 e. The number of amides is 1. The molecule has 0 heterocycles. The second kappa shape index (κ2) is 7.41. The first kappa shape index (κ1) is 18.6. The molecule has 0 spiro atoms. The van der Waals surface area contributed by atoms with Crippen molar-refractivity contribution in [1.82, 2.24) is 4.72 Å². The number of hydrogen-bond donors (Lipinski definition) is 1. The van der Waals surface area contributed by atoms with E-state index in [1.807, 2.05) is 0 Å². The van der Waals surface area contributed by atoms with Crippen LogP contribution in [0.4, 0.5) is 10.1 Å². The van der Waals surface area contributed by atoms with Crippen LogP contribution in [0.3, 0.4) is 0 Å². The monoisotopic (exact) mass is 384 g/mol. The van der Waals surface area contributed by atoms with Crippen LogP contribution in [0.1, 0.15) is 5.56 Å². The number of carbonyl (C=O) groups is 1. The molecule has 0 aromatic heterocycles. The van der Waals surface area contributed by atoms with Gasteiger partial charge in [0, 0.05) is 11.1 Å². The summed E-state index contributed by atoms with van der Waals surface area (Å²) in [5.74, 6) is -2.38. The lowest BCUT2D eigenvalue weighted by Crippen LogP contribution is -2.29. The van der Waals surface area contributed by atoms with E-state index in [9.17, 15) is 27.7 Å². The molecule has 0 aliphatic heterocycles. The maximum Gasteiger partial charge on any atom is 0.325 e. The summed E-state index contributed by atoms with van der Waals surface area (Å²) >= 11 is 5.78. The van der Waals surface area contributed by atoms with Gasteiger partial charge < -0.3 is 0 Å². The SMILES string of the molecule is O=C(/C=C/c1cccc(Cl)c1)NS(=O)(=O)c1cccc(F)c1[N+](=O)[O-]. The summed E-state index contributed by atoms with van der Waals surface area (Å²) in [6.07, 6.45) is 2.21. The van der Waals surface area contributed by atoms with Crippen LogP contribution in [-0.2, 0) is 14.8 Å². The van der Waals surface area contributed by atoms with Gasteiger partial charge in [0.05, 0.1) is 4.92 Å². The van der Waals surface area contributed by atoms with Crippen LogP contribution < -0.4 is 4.72 Å². The van der Waals surface area contributed by atoms with E-state index < -0.39 is 37.3 Å². The summed E-state index contributed by atoms with van der Waals surface area (Å²) < 4.78 is 39.4. The Hall–Kier alpha value is -2.78. The highest BCUT2D eigenvalue weighted by Crippen LogP contribution is 2.26. The summed E-state index contributed by atoms with van der Waals surface area (Å²) in [5, 5.41) is 11.3. The van der Waals surface area contributed by atoms with Crippen LogP contribution in [-0.4, -0.2) is 19.2 Å². The Labute approximate surface area is 146 Å². The first-order valence-corrected chi connectivity index (χ1v) is 8.50. The second-order valence-corrected chi connectivity index (χ2v) is 6.79. The third kappa shape index (κ3) is 4.61. The number of nitrogens with one attached hydrogen (secondary N) is 1. The molecule has 1 N–H and O–H groups in total. The van der Waals surface area contributed by atoms with Crippen LogP contribution in [0.2, 0.25) is 5.02 Å². The molecule has 0 bridgehead atoms. The standard InChI is InChI=1S/C15H10ClFN2O5S/c16-11-4-1-3-10(9-11)7-8-14(20)18-25(23,24)13-6-2-5-12(17)15(13)19(21)22/h1-9H,(H,18,20)/b8-7+. The van der Waals surface area contributed by atoms with E-state index >= 15 is 0 Å². The number of nitro groups is 1. The lowest BCUT2D eigenvalue weighted by Gasteiger charge is -2.06. The molecule has 10 heteroatoms. The molecule has 130 valence electrons. The molecule has 25 heavy (non-hydrogen) atoms. The molecule has 0 unspecified atom stereocenters. The van der Waals surface area contributed by atoms with Crippen molar-refractivity contribution in [2.24, 2.45) is 0 Å². The number of halogens is 2. The molecule has 0 aliphatic carbocycles. The van der Waals surface area contributed by atoms with Gasteiger partial charge in [0.15, 0.2) is 4.90 Å². The zero-order valence-electron chi connectivity index (χ0n) is 12.3. The van der Waals surface area contributed by atoms with E-state index in [1.165, 1.54) is 12.1 Å². The van der Waals surface area contributed by atoms with E-state index in [2.05, 4.69) is 0 Å². The highest BCUT2D eigenvalue weighted by atomic mass is 35.5. The number of para-hydroxylation sites is 1. The van der Waals surface area contributed by atoms with E-state index in [1.54, 1.807) is 22.9 Å². The van der Waals surface area contributed by atoms with Crippen LogP contribution in [0.15, 0.2) is 53.4 Å². The third-order valence-electron chi connectivity index (χ3n) is 2.93. The minimum atomic E-state index is -4.63. The van der Waals surface area contributed by atoms with Gasteiger partial charge in [-0.1, -0.05) is 29.8 Å². The molecular weight excluding hydrogens is 375 g/mol. The Morgan fingerprint density at radius 3 is 2.56 bits per heavy atom. The minimum Gasteiger partial charge on any atom is -0.269 e. The molecule has 0 fully saturated rings. The van der Waals surface area contributed by atoms with Gasteiger partial charge >= 0.3 is 5.69 Å². The van der Waals surface area contributed by atoms with Crippen molar-refractivity contribution in [3.63, 3.8) is 0 Å². The van der Waals surface area contributed by atoms with Crippen molar-refractivity contribution >= 4 is 39.3 Å². The quantitative estimate of drug-likeness (QED) is 0.484. The lowest BCUT2D eigenvalue weighted by molar-refractivity contribution is -0.390. The summed E-state index contributed by atoms with van der Waals surface area (Å²) in [7, 11) is -4.63. The van der Waals surface area contributed by atoms with Gasteiger partial charge in [-0.15, -0.1) is 0 Å². The second-order valence-electron chi connectivity index (χ2n) is 4.70. The Balaban J connectivity index is 2.26. The van der Waals surface area contributed by atoms with Crippen LogP contribution in [0.5, 0.6) is 0 Å². The molecule has 0 saturated carbocycles. The zero-order valence-corrected chi connectivity index (χ0v) is 13.9. The molecule has 2 aromatic carbocycles. The number of benzene rings is 2. The Morgan fingerprint density at radius 1 is 1.24 bits per heavy atom. The number of carbonyl (C=O) groups excluding carboxylic acids is 1. The van der Waals surface area contributed by atoms with Crippen molar-refractivity contribution in [3.8, 4) is 0 Å². The summed E-state index contributed by atoms with van der Waals surface area (Å²) in [4.78, 5) is 20.5. The van der Waals surface area contributed by atoms with Gasteiger partial charge in [0.1, 0.15) is 0 Å². The highest BCUT2D eigenvalue weighted by Gasteiger charge is 2.30. The van der Waals surface area contributed by atoms with Crippen molar-refractivity contribution < 1.29 is 22.5 Å². The lowest BCUT2D eigenvalue weighted by atomic mass is 10.2. The first-order valence-electron chi connectivity index (χ1n) is 6.64. The number of nitro benzene ring substituents is 1. The molecule has 0 radical (unpaired) electrons. The maximum atomic E-state index is 13.5. The highest BCUT2D eigenvalue weighted by molar-refractivity contribution is 7.90. The van der Waals surface area contributed by atoms with Crippen molar-refractivity contribution in [1.29, 1.82) is 0 Å². The average Bonchev–Trinajstić information content (AvgIpc) is 2.52. The fourth-order valence-corrected chi connectivity index (χ4v) is 3.22. The van der Waals surface area contributed by atoms with E-state index in [4.69, 9.17) is 11.6 Å². The normalized spacial score (nSPS) is 11.4. The molecule has 7 nitrogen and oxygen atoms in total. The van der Waals surface area contributed by atoms with Crippen molar-refractivity contribution in [3.05, 3.63) is 75.1 Å². The molecule has 2 rings (SSSR count). The predicted molar refractivity (Wildman–Crippen MR) is 88.9 cm³/mol. The largest absolute Gasteiger partial charge is 0.325 e. The van der Waals surface area contributed by atoms with Gasteiger partial charge in [0.2, 0.25) is 5.82 Å². The summed E-state index contributed by atoms with van der Waals surface area (Å²) in [6.45, 7) is 0. The van der Waals surface area contributed by atoms with E-state index in [0.717, 1.165) is 24.3 Å². The average molecular weight is 385 g/mol. The summed E-state index contributed by atoms with van der Waals surface area (Å²) in [6, 6.07) is 8.98. The van der Waals surface area contributed by atoms with Crippen LogP contribution in [0, 0.1) is 15.9 Å². The van der Waals surface area contributed by atoms with Gasteiger partial charge in [0.25, 0.3) is 15.9 Å². The van der Waals surface area contributed by atoms with E-state index in [-0.39, 0.29) is 0 Å². The Bertz CT molecular complexity index is 976. The molecule has 0 saturated heterocycles. The minimum absolute atomic E-state index is 0.422. The molecule has 2 aromatic rings. The predicted octanol–water partition coefficient (Wildman–Crippen LogP) is 2.91. The zero-order chi connectivity index (χ0) is 18.6. The fourth-order valence-electron chi connectivity index (χ4n) is 1.89. The molecule has 0 aliphatic rings. The fraction of sp³-hybridized carbons (Fsp3) is 0. The van der Waals surface area contributed by atoms with Crippen molar-refractivity contribution in [2.75, 3.05) is 0 Å². The summed E-state index contributed by atoms with van der Waals surface area (Å²) in [5.41, 5.74) is -0.696. The molecule has 1 amide bonds.